The number of ether oxygens (including phenoxy) is 1. The van der Waals surface area contributed by atoms with Gasteiger partial charge in [0.1, 0.15) is 24.0 Å². The van der Waals surface area contributed by atoms with Crippen LogP contribution in [0.3, 0.4) is 0 Å². The van der Waals surface area contributed by atoms with Gasteiger partial charge in [-0.25, -0.2) is 0 Å². The van der Waals surface area contributed by atoms with E-state index in [4.69, 9.17) is 16.3 Å². The maximum absolute atomic E-state index is 13.3. The number of rotatable bonds is 11. The highest BCUT2D eigenvalue weighted by Gasteiger charge is 2.64. The van der Waals surface area contributed by atoms with E-state index < -0.39 is 29.7 Å². The van der Waals surface area contributed by atoms with E-state index in [0.29, 0.717) is 27.5 Å². The van der Waals surface area contributed by atoms with Crippen molar-refractivity contribution >= 4 is 46.7 Å². The van der Waals surface area contributed by atoms with E-state index in [1.807, 2.05) is 18.2 Å². The fourth-order valence-corrected chi connectivity index (χ4v) is 9.22. The second-order valence-electron chi connectivity index (χ2n) is 16.3. The SMILES string of the molecule is CC1(C)[C@H](NC(=O)c2ccc(CCCCN3CC=C(c4ccc5c(c4)C(=O)N(C4CCC(=O)NC4=O)C5=O)CC3)nc2)C(C)(C)[C@H]1Oc1ccc(C#N)c(Cl)c1. The predicted molar refractivity (Wildman–Crippen MR) is 209 cm³/mol. The van der Waals surface area contributed by atoms with Gasteiger partial charge in [-0.2, -0.15) is 5.26 Å². The molecule has 1 aliphatic carbocycles. The molecule has 1 aromatic heterocycles. The Balaban J connectivity index is 0.859. The van der Waals surface area contributed by atoms with Gasteiger partial charge in [-0.1, -0.05) is 51.4 Å². The molecule has 2 fully saturated rings. The number of carbonyl (C=O) groups is 5. The average molecular weight is 777 g/mol. The van der Waals surface area contributed by atoms with Gasteiger partial charge in [0.05, 0.1) is 27.3 Å². The summed E-state index contributed by atoms with van der Waals surface area (Å²) in [5, 5.41) is 15.0. The number of benzene rings is 2. The standard InChI is InChI=1S/C43H45ClN6O6/c1-42(2)40(43(3,4)41(42)56-30-12-9-27(23-45)33(44)22-30)48-36(52)28-8-11-29(46-24-28)7-5-6-18-49-19-16-25(17-20-49)26-10-13-31-32(21-26)39(55)50(38(31)54)34-14-15-35(51)47-37(34)53/h8-13,16,21-22,24,34,40-41H,5-7,14-15,17-20H2,1-4H3,(H,48,52)(H,47,51,53)/t34?,40-,41-. The third kappa shape index (κ3) is 7.33. The second kappa shape index (κ2) is 15.3. The predicted octanol–water partition coefficient (Wildman–Crippen LogP) is 5.73. The van der Waals surface area contributed by atoms with Crippen LogP contribution in [0, 0.1) is 22.2 Å². The number of nitrogens with one attached hydrogen (secondary N) is 2. The van der Waals surface area contributed by atoms with Crippen LogP contribution in [0.4, 0.5) is 0 Å². The first-order chi connectivity index (χ1) is 26.7. The summed E-state index contributed by atoms with van der Waals surface area (Å²) < 4.78 is 6.35. The molecule has 12 nitrogen and oxygen atoms in total. The maximum atomic E-state index is 13.3. The number of carbonyl (C=O) groups excluding carboxylic acids is 5. The van der Waals surface area contributed by atoms with Gasteiger partial charge in [-0.05, 0) is 86.2 Å². The van der Waals surface area contributed by atoms with Gasteiger partial charge in [0.15, 0.2) is 0 Å². The van der Waals surface area contributed by atoms with E-state index in [1.54, 1.807) is 36.5 Å². The monoisotopic (exact) mass is 776 g/mol. The van der Waals surface area contributed by atoms with Crippen LogP contribution in [0.1, 0.15) is 108 Å². The van der Waals surface area contributed by atoms with Crippen LogP contribution in [0.15, 0.2) is 60.8 Å². The molecule has 1 saturated heterocycles. The zero-order valence-electron chi connectivity index (χ0n) is 32.0. The molecule has 4 aliphatic rings. The lowest BCUT2D eigenvalue weighted by Crippen LogP contribution is -2.74. The number of hydrogen-bond acceptors (Lipinski definition) is 9. The Hall–Kier alpha value is -5.38. The van der Waals surface area contributed by atoms with Crippen molar-refractivity contribution < 1.29 is 28.7 Å². The van der Waals surface area contributed by atoms with Gasteiger partial charge >= 0.3 is 0 Å². The van der Waals surface area contributed by atoms with Crippen molar-refractivity contribution in [2.24, 2.45) is 10.8 Å². The molecule has 4 heterocycles. The second-order valence-corrected chi connectivity index (χ2v) is 16.7. The number of piperidine rings is 1. The summed E-state index contributed by atoms with van der Waals surface area (Å²) in [4.78, 5) is 71.6. The number of amides is 5. The van der Waals surface area contributed by atoms with Gasteiger partial charge in [0, 0.05) is 54.3 Å². The first-order valence-corrected chi connectivity index (χ1v) is 19.5. The molecule has 0 radical (unpaired) electrons. The number of imide groups is 2. The molecular weight excluding hydrogens is 732 g/mol. The largest absolute Gasteiger partial charge is 0.489 e. The summed E-state index contributed by atoms with van der Waals surface area (Å²) in [6.45, 7) is 10.9. The highest BCUT2D eigenvalue weighted by molar-refractivity contribution is 6.31. The smallest absolute Gasteiger partial charge is 0.262 e. The number of pyridine rings is 1. The summed E-state index contributed by atoms with van der Waals surface area (Å²) in [5.74, 6) is -1.61. The quantitative estimate of drug-likeness (QED) is 0.183. The lowest BCUT2D eigenvalue weighted by Gasteiger charge is -2.63. The average Bonchev–Trinajstić information content (AvgIpc) is 3.42. The van der Waals surface area contributed by atoms with Crippen LogP contribution >= 0.6 is 11.6 Å². The van der Waals surface area contributed by atoms with Crippen LogP contribution in [0.2, 0.25) is 5.02 Å². The minimum absolute atomic E-state index is 0.0842. The Bertz CT molecular complexity index is 2170. The van der Waals surface area contributed by atoms with Gasteiger partial charge < -0.3 is 10.1 Å². The van der Waals surface area contributed by atoms with Gasteiger partial charge in [0.25, 0.3) is 17.7 Å². The molecule has 290 valence electrons. The zero-order chi connectivity index (χ0) is 39.9. The minimum Gasteiger partial charge on any atom is -0.489 e. The Labute approximate surface area is 331 Å². The highest BCUT2D eigenvalue weighted by atomic mass is 35.5. The third-order valence-corrected chi connectivity index (χ3v) is 12.1. The molecule has 13 heteroatoms. The summed E-state index contributed by atoms with van der Waals surface area (Å²) in [7, 11) is 0. The van der Waals surface area contributed by atoms with Gasteiger partial charge in [-0.3, -0.25) is 44.1 Å². The van der Waals surface area contributed by atoms with Crippen LogP contribution in [-0.4, -0.2) is 82.1 Å². The molecule has 0 bridgehead atoms. The molecule has 0 spiro atoms. The fraction of sp³-hybridized carbons (Fsp3) is 0.419. The first kappa shape index (κ1) is 38.9. The Kier molecular flexibility index (Phi) is 10.6. The first-order valence-electron chi connectivity index (χ1n) is 19.1. The fourth-order valence-electron chi connectivity index (χ4n) is 9.01. The normalized spacial score (nSPS) is 22.8. The Morgan fingerprint density at radius 2 is 1.77 bits per heavy atom. The molecule has 1 atom stereocenters. The summed E-state index contributed by atoms with van der Waals surface area (Å²) in [6.07, 6.45) is 7.37. The van der Waals surface area contributed by atoms with Crippen LogP contribution < -0.4 is 15.4 Å². The number of fused-ring (bicyclic) bond motifs is 1. The van der Waals surface area contributed by atoms with Crippen LogP contribution in [0.5, 0.6) is 5.75 Å². The zero-order valence-corrected chi connectivity index (χ0v) is 32.7. The Morgan fingerprint density at radius 3 is 2.43 bits per heavy atom. The highest BCUT2D eigenvalue weighted by Crippen LogP contribution is 2.55. The Morgan fingerprint density at radius 1 is 1.00 bits per heavy atom. The number of aryl methyl sites for hydroxylation is 1. The summed E-state index contributed by atoms with van der Waals surface area (Å²) >= 11 is 6.23. The van der Waals surface area contributed by atoms with Crippen molar-refractivity contribution in [2.45, 2.75) is 84.4 Å². The lowest BCUT2D eigenvalue weighted by molar-refractivity contribution is -0.164. The van der Waals surface area contributed by atoms with E-state index in [1.165, 1.54) is 0 Å². The number of nitrogens with zero attached hydrogens (tertiary/aromatic N) is 4. The molecule has 5 amide bonds. The van der Waals surface area contributed by atoms with Crippen LogP contribution in [0.25, 0.3) is 5.57 Å². The molecule has 3 aromatic rings. The number of aromatic nitrogens is 1. The van der Waals surface area contributed by atoms with E-state index >= 15 is 0 Å². The number of hydrogen-bond donors (Lipinski definition) is 2. The van der Waals surface area contributed by atoms with E-state index in [2.05, 4.69) is 60.4 Å². The van der Waals surface area contributed by atoms with Gasteiger partial charge in [0.2, 0.25) is 11.8 Å². The lowest BCUT2D eigenvalue weighted by atomic mass is 9.49. The maximum Gasteiger partial charge on any atom is 0.262 e. The molecule has 1 unspecified atom stereocenters. The van der Waals surface area contributed by atoms with Crippen molar-refractivity contribution in [1.82, 2.24) is 25.4 Å². The number of unbranched alkanes of at least 4 members (excludes halogenated alkanes) is 1. The molecule has 1 saturated carbocycles. The number of halogens is 1. The minimum atomic E-state index is -0.981. The third-order valence-electron chi connectivity index (χ3n) is 11.8. The molecule has 7 rings (SSSR count). The van der Waals surface area contributed by atoms with Crippen molar-refractivity contribution in [1.29, 1.82) is 5.26 Å². The molecule has 3 aliphatic heterocycles. The van der Waals surface area contributed by atoms with Gasteiger partial charge in [-0.15, -0.1) is 0 Å². The molecule has 56 heavy (non-hydrogen) atoms. The van der Waals surface area contributed by atoms with Crippen molar-refractivity contribution in [3.05, 3.63) is 99.3 Å². The van der Waals surface area contributed by atoms with Crippen LogP contribution in [-0.2, 0) is 16.0 Å². The topological polar surface area (TPSA) is 162 Å². The van der Waals surface area contributed by atoms with Crippen molar-refractivity contribution in [2.75, 3.05) is 19.6 Å². The number of nitriles is 1. The van der Waals surface area contributed by atoms with E-state index in [9.17, 15) is 29.2 Å². The van der Waals surface area contributed by atoms with Crippen molar-refractivity contribution in [3.63, 3.8) is 0 Å². The van der Waals surface area contributed by atoms with E-state index in [-0.39, 0.29) is 47.3 Å². The molecule has 2 aromatic carbocycles. The summed E-state index contributed by atoms with van der Waals surface area (Å²) in [5.41, 5.74) is 3.67. The molecule has 2 N–H and O–H groups in total. The van der Waals surface area contributed by atoms with Crippen molar-refractivity contribution in [3.8, 4) is 11.8 Å². The molecular formula is C43H45ClN6O6. The summed E-state index contributed by atoms with van der Waals surface area (Å²) in [6, 6.07) is 15.0. The van der Waals surface area contributed by atoms with E-state index in [0.717, 1.165) is 67.0 Å².